The van der Waals surface area contributed by atoms with E-state index in [-0.39, 0.29) is 0 Å². The molecule has 6 heteroatoms. The van der Waals surface area contributed by atoms with Crippen molar-refractivity contribution in [3.63, 3.8) is 0 Å². The third-order valence-electron chi connectivity index (χ3n) is 2.35. The number of fused-ring (bicyclic) bond motifs is 1. The molecule has 1 aromatic heterocycles. The van der Waals surface area contributed by atoms with Crippen LogP contribution in [0, 0.1) is 0 Å². The van der Waals surface area contributed by atoms with Crippen molar-refractivity contribution in [3.8, 4) is 5.75 Å². The van der Waals surface area contributed by atoms with Crippen LogP contribution in [-0.2, 0) is 9.63 Å². The second kappa shape index (κ2) is 5.33. The Morgan fingerprint density at radius 2 is 2.22 bits per heavy atom. The molecular formula is C12H12N2O4. The van der Waals surface area contributed by atoms with Gasteiger partial charge >= 0.3 is 5.97 Å². The van der Waals surface area contributed by atoms with E-state index in [1.54, 1.807) is 13.3 Å². The molecule has 0 saturated carbocycles. The van der Waals surface area contributed by atoms with E-state index < -0.39 is 12.6 Å². The van der Waals surface area contributed by atoms with Crippen molar-refractivity contribution >= 4 is 22.6 Å². The van der Waals surface area contributed by atoms with Gasteiger partial charge in [-0.2, -0.15) is 0 Å². The summed E-state index contributed by atoms with van der Waals surface area (Å²) >= 11 is 0. The minimum Gasteiger partial charge on any atom is -0.496 e. The van der Waals surface area contributed by atoms with E-state index in [0.29, 0.717) is 5.82 Å². The molecule has 0 saturated heterocycles. The molecule has 1 aromatic carbocycles. The zero-order valence-corrected chi connectivity index (χ0v) is 9.71. The summed E-state index contributed by atoms with van der Waals surface area (Å²) in [6.07, 6.45) is 1.59. The van der Waals surface area contributed by atoms with Crippen LogP contribution in [0.2, 0.25) is 0 Å². The number of benzene rings is 1. The summed E-state index contributed by atoms with van der Waals surface area (Å²) in [6, 6.07) is 7.32. The molecule has 0 aliphatic rings. The number of nitrogens with one attached hydrogen (secondary N) is 1. The molecule has 0 amide bonds. The van der Waals surface area contributed by atoms with Gasteiger partial charge in [-0.3, -0.25) is 4.84 Å². The van der Waals surface area contributed by atoms with Gasteiger partial charge in [-0.1, -0.05) is 12.1 Å². The maximum atomic E-state index is 10.3. The summed E-state index contributed by atoms with van der Waals surface area (Å²) in [7, 11) is 1.59. The molecule has 0 fully saturated rings. The van der Waals surface area contributed by atoms with Gasteiger partial charge in [0.1, 0.15) is 5.75 Å². The van der Waals surface area contributed by atoms with E-state index in [0.717, 1.165) is 16.5 Å². The SMILES string of the molecule is COc1cccc2c(NOCC(=O)O)nccc12. The highest BCUT2D eigenvalue weighted by Crippen LogP contribution is 2.28. The van der Waals surface area contributed by atoms with Gasteiger partial charge in [0.25, 0.3) is 0 Å². The minimum absolute atomic E-state index is 0.442. The Kier molecular flexibility index (Phi) is 3.59. The van der Waals surface area contributed by atoms with Gasteiger partial charge in [0.2, 0.25) is 0 Å². The topological polar surface area (TPSA) is 80.7 Å². The molecule has 0 aliphatic carbocycles. The number of carbonyl (C=O) groups is 1. The van der Waals surface area contributed by atoms with Crippen LogP contribution in [-0.4, -0.2) is 29.8 Å². The Morgan fingerprint density at radius 1 is 1.39 bits per heavy atom. The lowest BCUT2D eigenvalue weighted by atomic mass is 10.1. The molecule has 0 spiro atoms. The predicted molar refractivity (Wildman–Crippen MR) is 65.5 cm³/mol. The van der Waals surface area contributed by atoms with Crippen LogP contribution in [0.5, 0.6) is 5.75 Å². The molecule has 2 aromatic rings. The Balaban J connectivity index is 2.31. The maximum absolute atomic E-state index is 10.3. The number of hydrogen-bond donors (Lipinski definition) is 2. The first kappa shape index (κ1) is 12.1. The third-order valence-corrected chi connectivity index (χ3v) is 2.35. The number of rotatable bonds is 5. The quantitative estimate of drug-likeness (QED) is 0.783. The van der Waals surface area contributed by atoms with Gasteiger partial charge in [-0.25, -0.2) is 15.3 Å². The van der Waals surface area contributed by atoms with E-state index >= 15 is 0 Å². The van der Waals surface area contributed by atoms with Crippen molar-refractivity contribution in [2.75, 3.05) is 19.2 Å². The highest BCUT2D eigenvalue weighted by atomic mass is 16.7. The number of aliphatic carboxylic acids is 1. The average molecular weight is 248 g/mol. The van der Waals surface area contributed by atoms with E-state index in [9.17, 15) is 4.79 Å². The first-order valence-electron chi connectivity index (χ1n) is 5.23. The number of hydrogen-bond acceptors (Lipinski definition) is 5. The lowest BCUT2D eigenvalue weighted by Gasteiger charge is -2.09. The Hall–Kier alpha value is -2.34. The summed E-state index contributed by atoms with van der Waals surface area (Å²) in [5, 5.41) is 10.1. The number of carboxylic acid groups (broad SMARTS) is 1. The van der Waals surface area contributed by atoms with Crippen LogP contribution in [0.4, 0.5) is 5.82 Å². The number of pyridine rings is 1. The van der Waals surface area contributed by atoms with Gasteiger partial charge in [-0.15, -0.1) is 0 Å². The Morgan fingerprint density at radius 3 is 2.94 bits per heavy atom. The Labute approximate surface area is 103 Å². The Bertz CT molecular complexity index is 571. The van der Waals surface area contributed by atoms with Crippen molar-refractivity contribution in [2.45, 2.75) is 0 Å². The van der Waals surface area contributed by atoms with Crippen LogP contribution >= 0.6 is 0 Å². The van der Waals surface area contributed by atoms with Crippen molar-refractivity contribution in [1.29, 1.82) is 0 Å². The molecule has 0 radical (unpaired) electrons. The van der Waals surface area contributed by atoms with Crippen LogP contribution in [0.15, 0.2) is 30.5 Å². The van der Waals surface area contributed by atoms with E-state index in [2.05, 4.69) is 10.5 Å². The smallest absolute Gasteiger partial charge is 0.332 e. The van der Waals surface area contributed by atoms with E-state index in [1.165, 1.54) is 0 Å². The third kappa shape index (κ3) is 2.49. The molecular weight excluding hydrogens is 236 g/mol. The molecule has 0 unspecified atom stereocenters. The van der Waals surface area contributed by atoms with Crippen LogP contribution in [0.1, 0.15) is 0 Å². The highest BCUT2D eigenvalue weighted by molar-refractivity contribution is 5.95. The highest BCUT2D eigenvalue weighted by Gasteiger charge is 2.06. The van der Waals surface area contributed by atoms with Gasteiger partial charge in [0, 0.05) is 17.0 Å². The van der Waals surface area contributed by atoms with Crippen LogP contribution in [0.25, 0.3) is 10.8 Å². The van der Waals surface area contributed by atoms with Gasteiger partial charge in [-0.05, 0) is 12.1 Å². The number of anilines is 1. The summed E-state index contributed by atoms with van der Waals surface area (Å²) < 4.78 is 5.23. The molecule has 18 heavy (non-hydrogen) atoms. The van der Waals surface area contributed by atoms with Crippen molar-refractivity contribution in [1.82, 2.24) is 4.98 Å². The van der Waals surface area contributed by atoms with E-state index in [1.807, 2.05) is 24.3 Å². The molecule has 2 rings (SSSR count). The largest absolute Gasteiger partial charge is 0.496 e. The maximum Gasteiger partial charge on any atom is 0.332 e. The minimum atomic E-state index is -1.06. The first-order valence-corrected chi connectivity index (χ1v) is 5.23. The number of nitrogens with zero attached hydrogens (tertiary/aromatic N) is 1. The molecule has 1 heterocycles. The van der Waals surface area contributed by atoms with Crippen LogP contribution in [0.3, 0.4) is 0 Å². The number of ether oxygens (including phenoxy) is 1. The molecule has 94 valence electrons. The molecule has 6 nitrogen and oxygen atoms in total. The lowest BCUT2D eigenvalue weighted by Crippen LogP contribution is -2.12. The fraction of sp³-hybridized carbons (Fsp3) is 0.167. The molecule has 0 atom stereocenters. The summed E-state index contributed by atoms with van der Waals surface area (Å²) in [6.45, 7) is -0.442. The normalized spacial score (nSPS) is 10.3. The molecule has 0 aliphatic heterocycles. The number of carboxylic acids is 1. The van der Waals surface area contributed by atoms with Crippen molar-refractivity contribution in [3.05, 3.63) is 30.5 Å². The number of aromatic nitrogens is 1. The van der Waals surface area contributed by atoms with Gasteiger partial charge in [0.15, 0.2) is 12.4 Å². The van der Waals surface area contributed by atoms with Gasteiger partial charge in [0.05, 0.1) is 7.11 Å². The van der Waals surface area contributed by atoms with Gasteiger partial charge < -0.3 is 9.84 Å². The fourth-order valence-electron chi connectivity index (χ4n) is 1.60. The summed E-state index contributed by atoms with van der Waals surface area (Å²) in [4.78, 5) is 19.3. The zero-order valence-electron chi connectivity index (χ0n) is 9.71. The number of methoxy groups -OCH3 is 1. The average Bonchev–Trinajstić information content (AvgIpc) is 2.38. The van der Waals surface area contributed by atoms with Crippen molar-refractivity contribution in [2.24, 2.45) is 0 Å². The fourth-order valence-corrected chi connectivity index (χ4v) is 1.60. The summed E-state index contributed by atoms with van der Waals surface area (Å²) in [5.41, 5.74) is 2.52. The second-order valence-electron chi connectivity index (χ2n) is 3.50. The standard InChI is InChI=1S/C12H12N2O4/c1-17-10-4-2-3-9-8(10)5-6-13-12(9)14-18-7-11(15)16/h2-6H,7H2,1H3,(H,13,14)(H,15,16). The first-order chi connectivity index (χ1) is 8.72. The second-order valence-corrected chi connectivity index (χ2v) is 3.50. The summed E-state index contributed by atoms with van der Waals surface area (Å²) in [5.74, 6) is 0.115. The van der Waals surface area contributed by atoms with E-state index in [4.69, 9.17) is 14.7 Å². The monoisotopic (exact) mass is 248 g/mol. The zero-order chi connectivity index (χ0) is 13.0. The molecule has 2 N–H and O–H groups in total. The van der Waals surface area contributed by atoms with Crippen molar-refractivity contribution < 1.29 is 19.5 Å². The lowest BCUT2D eigenvalue weighted by molar-refractivity contribution is -0.141. The van der Waals surface area contributed by atoms with Crippen LogP contribution < -0.4 is 10.2 Å². The predicted octanol–water partition coefficient (Wildman–Crippen LogP) is 1.67. The molecule has 0 bridgehead atoms.